The van der Waals surface area contributed by atoms with Crippen molar-refractivity contribution in [2.75, 3.05) is 13.7 Å². The number of carbonyl (C=O) groups is 1. The molecule has 0 saturated carbocycles. The molecule has 7 heteroatoms. The smallest absolute Gasteiger partial charge is 0.387 e. The molecule has 0 bridgehead atoms. The number of benzene rings is 1. The first kappa shape index (κ1) is 15.5. The number of alkyl halides is 2. The monoisotopic (exact) mass is 300 g/mol. The van der Waals surface area contributed by atoms with E-state index in [-0.39, 0.29) is 30.0 Å². The first-order chi connectivity index (χ1) is 10.1. The SMILES string of the molecule is COc1ccc(CNC(=O)C2CCCN2)cc1OC(F)F. The van der Waals surface area contributed by atoms with Crippen LogP contribution in [-0.2, 0) is 11.3 Å². The highest BCUT2D eigenvalue weighted by molar-refractivity contribution is 5.82. The van der Waals surface area contributed by atoms with Crippen molar-refractivity contribution in [2.24, 2.45) is 0 Å². The Morgan fingerprint density at radius 3 is 2.90 bits per heavy atom. The average Bonchev–Trinajstić information content (AvgIpc) is 2.98. The standard InChI is InChI=1S/C14H18F2N2O3/c1-20-11-5-4-9(7-12(11)21-14(15)16)8-18-13(19)10-3-2-6-17-10/h4-5,7,10,14,17H,2-3,6,8H2,1H3,(H,18,19). The molecule has 1 aromatic carbocycles. The number of hydrogen-bond acceptors (Lipinski definition) is 4. The third kappa shape index (κ3) is 4.29. The summed E-state index contributed by atoms with van der Waals surface area (Å²) in [5.41, 5.74) is 0.665. The summed E-state index contributed by atoms with van der Waals surface area (Å²) in [6, 6.07) is 4.50. The van der Waals surface area contributed by atoms with E-state index in [2.05, 4.69) is 15.4 Å². The van der Waals surface area contributed by atoms with Crippen LogP contribution >= 0.6 is 0 Å². The highest BCUT2D eigenvalue weighted by Gasteiger charge is 2.21. The van der Waals surface area contributed by atoms with Gasteiger partial charge in [-0.15, -0.1) is 0 Å². The van der Waals surface area contributed by atoms with Crippen LogP contribution < -0.4 is 20.1 Å². The molecule has 1 unspecified atom stereocenters. The molecule has 0 aliphatic carbocycles. The van der Waals surface area contributed by atoms with Crippen molar-refractivity contribution < 1.29 is 23.0 Å². The fraction of sp³-hybridized carbons (Fsp3) is 0.500. The van der Waals surface area contributed by atoms with Crippen LogP contribution in [0, 0.1) is 0 Å². The van der Waals surface area contributed by atoms with E-state index in [1.54, 1.807) is 6.07 Å². The van der Waals surface area contributed by atoms with Gasteiger partial charge in [0.15, 0.2) is 11.5 Å². The van der Waals surface area contributed by atoms with Crippen molar-refractivity contribution in [3.05, 3.63) is 23.8 Å². The molecule has 0 aromatic heterocycles. The Balaban J connectivity index is 1.97. The van der Waals surface area contributed by atoms with Gasteiger partial charge in [0.05, 0.1) is 13.2 Å². The molecule has 2 N–H and O–H groups in total. The van der Waals surface area contributed by atoms with Crippen molar-refractivity contribution in [3.8, 4) is 11.5 Å². The number of rotatable bonds is 6. The van der Waals surface area contributed by atoms with Crippen LogP contribution in [0.25, 0.3) is 0 Å². The van der Waals surface area contributed by atoms with Crippen LogP contribution in [0.2, 0.25) is 0 Å². The highest BCUT2D eigenvalue weighted by atomic mass is 19.3. The van der Waals surface area contributed by atoms with Gasteiger partial charge in [-0.3, -0.25) is 4.79 Å². The van der Waals surface area contributed by atoms with Gasteiger partial charge in [-0.05, 0) is 37.1 Å². The van der Waals surface area contributed by atoms with E-state index in [0.29, 0.717) is 5.56 Å². The second-order valence-electron chi connectivity index (χ2n) is 4.73. The van der Waals surface area contributed by atoms with Crippen LogP contribution in [-0.4, -0.2) is 32.2 Å². The van der Waals surface area contributed by atoms with E-state index < -0.39 is 6.61 Å². The second-order valence-corrected chi connectivity index (χ2v) is 4.73. The van der Waals surface area contributed by atoms with E-state index in [1.807, 2.05) is 0 Å². The number of halogens is 2. The Kier molecular flexibility index (Phi) is 5.32. The lowest BCUT2D eigenvalue weighted by molar-refractivity contribution is -0.122. The molecule has 1 amide bonds. The first-order valence-electron chi connectivity index (χ1n) is 6.73. The summed E-state index contributed by atoms with van der Waals surface area (Å²) < 4.78 is 34.0. The zero-order chi connectivity index (χ0) is 15.2. The van der Waals surface area contributed by atoms with Gasteiger partial charge in [0.25, 0.3) is 0 Å². The molecule has 1 aliphatic rings. The normalized spacial score (nSPS) is 17.8. The lowest BCUT2D eigenvalue weighted by Crippen LogP contribution is -2.39. The number of amides is 1. The van der Waals surface area contributed by atoms with Crippen molar-refractivity contribution in [2.45, 2.75) is 32.0 Å². The maximum atomic E-state index is 12.3. The van der Waals surface area contributed by atoms with Gasteiger partial charge >= 0.3 is 6.61 Å². The lowest BCUT2D eigenvalue weighted by atomic mass is 10.1. The second kappa shape index (κ2) is 7.21. The van der Waals surface area contributed by atoms with E-state index in [0.717, 1.165) is 19.4 Å². The lowest BCUT2D eigenvalue weighted by Gasteiger charge is -2.13. The summed E-state index contributed by atoms with van der Waals surface area (Å²) in [7, 11) is 1.38. The molecular weight excluding hydrogens is 282 g/mol. The third-order valence-electron chi connectivity index (χ3n) is 3.29. The predicted molar refractivity (Wildman–Crippen MR) is 72.5 cm³/mol. The summed E-state index contributed by atoms with van der Waals surface area (Å²) in [4.78, 5) is 11.9. The molecule has 0 radical (unpaired) electrons. The fourth-order valence-corrected chi connectivity index (χ4v) is 2.24. The van der Waals surface area contributed by atoms with Crippen LogP contribution in [0.15, 0.2) is 18.2 Å². The Bertz CT molecular complexity index is 491. The zero-order valence-corrected chi connectivity index (χ0v) is 11.7. The van der Waals surface area contributed by atoms with Gasteiger partial charge in [-0.25, -0.2) is 0 Å². The molecule has 1 aromatic rings. The van der Waals surface area contributed by atoms with Crippen molar-refractivity contribution in [1.29, 1.82) is 0 Å². The quantitative estimate of drug-likeness (QED) is 0.839. The molecule has 1 fully saturated rings. The summed E-state index contributed by atoms with van der Waals surface area (Å²) in [5.74, 6) is 0.0979. The Hall–Kier alpha value is -1.89. The summed E-state index contributed by atoms with van der Waals surface area (Å²) >= 11 is 0. The van der Waals surface area contributed by atoms with Gasteiger partial charge in [-0.1, -0.05) is 6.07 Å². The van der Waals surface area contributed by atoms with Gasteiger partial charge in [0.2, 0.25) is 5.91 Å². The van der Waals surface area contributed by atoms with Crippen molar-refractivity contribution >= 4 is 5.91 Å². The molecule has 5 nitrogen and oxygen atoms in total. The Morgan fingerprint density at radius 2 is 2.29 bits per heavy atom. The number of carbonyl (C=O) groups excluding carboxylic acids is 1. The number of methoxy groups -OCH3 is 1. The van der Waals surface area contributed by atoms with E-state index in [4.69, 9.17) is 4.74 Å². The Labute approximate surface area is 121 Å². The molecule has 1 heterocycles. The molecule has 1 atom stereocenters. The average molecular weight is 300 g/mol. The zero-order valence-electron chi connectivity index (χ0n) is 11.7. The minimum atomic E-state index is -2.92. The highest BCUT2D eigenvalue weighted by Crippen LogP contribution is 2.29. The van der Waals surface area contributed by atoms with Crippen LogP contribution in [0.5, 0.6) is 11.5 Å². The molecular formula is C14H18F2N2O3. The number of hydrogen-bond donors (Lipinski definition) is 2. The minimum Gasteiger partial charge on any atom is -0.493 e. The van der Waals surface area contributed by atoms with Crippen LogP contribution in [0.1, 0.15) is 18.4 Å². The molecule has 2 rings (SSSR count). The largest absolute Gasteiger partial charge is 0.493 e. The number of nitrogens with one attached hydrogen (secondary N) is 2. The van der Waals surface area contributed by atoms with E-state index in [9.17, 15) is 13.6 Å². The summed E-state index contributed by atoms with van der Waals surface area (Å²) in [5, 5.41) is 5.87. The van der Waals surface area contributed by atoms with E-state index >= 15 is 0 Å². The molecule has 1 aliphatic heterocycles. The molecule has 116 valence electrons. The van der Waals surface area contributed by atoms with Crippen molar-refractivity contribution in [1.82, 2.24) is 10.6 Å². The number of ether oxygens (including phenoxy) is 2. The summed E-state index contributed by atoms with van der Waals surface area (Å²) in [6.07, 6.45) is 1.79. The van der Waals surface area contributed by atoms with Crippen LogP contribution in [0.3, 0.4) is 0 Å². The molecule has 21 heavy (non-hydrogen) atoms. The topological polar surface area (TPSA) is 59.6 Å². The maximum Gasteiger partial charge on any atom is 0.387 e. The predicted octanol–water partition coefficient (Wildman–Crippen LogP) is 1.66. The van der Waals surface area contributed by atoms with Gasteiger partial charge in [-0.2, -0.15) is 8.78 Å². The molecule has 0 spiro atoms. The third-order valence-corrected chi connectivity index (χ3v) is 3.29. The van der Waals surface area contributed by atoms with Gasteiger partial charge in [0.1, 0.15) is 0 Å². The maximum absolute atomic E-state index is 12.3. The van der Waals surface area contributed by atoms with Crippen LogP contribution in [0.4, 0.5) is 8.78 Å². The summed E-state index contributed by atoms with van der Waals surface area (Å²) in [6.45, 7) is -1.83. The molecule has 1 saturated heterocycles. The van der Waals surface area contributed by atoms with Gasteiger partial charge in [0, 0.05) is 6.54 Å². The van der Waals surface area contributed by atoms with E-state index in [1.165, 1.54) is 19.2 Å². The fourth-order valence-electron chi connectivity index (χ4n) is 2.24. The first-order valence-corrected chi connectivity index (χ1v) is 6.73. The minimum absolute atomic E-state index is 0.0433. The van der Waals surface area contributed by atoms with Crippen molar-refractivity contribution in [3.63, 3.8) is 0 Å². The Morgan fingerprint density at radius 1 is 1.48 bits per heavy atom. The van der Waals surface area contributed by atoms with Gasteiger partial charge < -0.3 is 20.1 Å².